The van der Waals surface area contributed by atoms with Crippen LogP contribution in [0.25, 0.3) is 0 Å². The van der Waals surface area contributed by atoms with E-state index in [1.165, 1.54) is 0 Å². The van der Waals surface area contributed by atoms with E-state index in [9.17, 15) is 19.8 Å². The van der Waals surface area contributed by atoms with Crippen LogP contribution in [0.4, 0.5) is 0 Å². The number of aliphatic hydroxyl groups excluding tert-OH is 1. The smallest absolute Gasteiger partial charge is 0.167 e. The van der Waals surface area contributed by atoms with Crippen molar-refractivity contribution in [2.45, 2.75) is 19.4 Å². The van der Waals surface area contributed by atoms with Gasteiger partial charge in [0.2, 0.25) is 0 Å². The van der Waals surface area contributed by atoms with E-state index < -0.39 is 18.1 Å². The second kappa shape index (κ2) is 3.61. The van der Waals surface area contributed by atoms with E-state index >= 15 is 0 Å². The van der Waals surface area contributed by atoms with Crippen molar-refractivity contribution in [2.24, 2.45) is 0 Å². The lowest BCUT2D eigenvalue weighted by Crippen LogP contribution is -2.18. The summed E-state index contributed by atoms with van der Waals surface area (Å²) in [6, 6.07) is 1.10. The molecular formula is C11H10O5. The van der Waals surface area contributed by atoms with Gasteiger partial charge in [-0.3, -0.25) is 9.59 Å². The molecule has 5 nitrogen and oxygen atoms in total. The lowest BCUT2D eigenvalue weighted by molar-refractivity contribution is 0.0884. The SMILES string of the molecule is O=C1CCC(=O)c2c(O)c(CO)cc(O)c21. The second-order valence-electron chi connectivity index (χ2n) is 3.66. The molecule has 0 bridgehead atoms. The Morgan fingerprint density at radius 3 is 2.19 bits per heavy atom. The van der Waals surface area contributed by atoms with Crippen molar-refractivity contribution in [1.29, 1.82) is 0 Å². The van der Waals surface area contributed by atoms with E-state index in [0.717, 1.165) is 6.07 Å². The average Bonchev–Trinajstić information content (AvgIpc) is 2.26. The van der Waals surface area contributed by atoms with Crippen molar-refractivity contribution < 1.29 is 24.9 Å². The highest BCUT2D eigenvalue weighted by atomic mass is 16.3. The number of rotatable bonds is 1. The topological polar surface area (TPSA) is 94.8 Å². The summed E-state index contributed by atoms with van der Waals surface area (Å²) in [7, 11) is 0. The lowest BCUT2D eigenvalue weighted by atomic mass is 9.86. The number of aromatic hydroxyl groups is 2. The number of Topliss-reactive ketones (excluding diaryl/α,β-unsaturated/α-hetero) is 2. The standard InChI is InChI=1S/C11H10O5/c12-4-5-3-8(15)9-6(13)1-2-7(14)10(9)11(5)16/h3,12,15-16H,1-2,4H2. The highest BCUT2D eigenvalue weighted by Gasteiger charge is 2.31. The zero-order chi connectivity index (χ0) is 11.9. The third-order valence-electron chi connectivity index (χ3n) is 2.67. The first-order valence-electron chi connectivity index (χ1n) is 4.81. The van der Waals surface area contributed by atoms with Crippen molar-refractivity contribution in [3.05, 3.63) is 22.8 Å². The van der Waals surface area contributed by atoms with Crippen molar-refractivity contribution >= 4 is 11.6 Å². The highest BCUT2D eigenvalue weighted by Crippen LogP contribution is 2.37. The molecule has 0 saturated heterocycles. The Kier molecular flexibility index (Phi) is 2.40. The fraction of sp³-hybridized carbons (Fsp3) is 0.273. The summed E-state index contributed by atoms with van der Waals surface area (Å²) < 4.78 is 0. The van der Waals surface area contributed by atoms with E-state index in [0.29, 0.717) is 0 Å². The van der Waals surface area contributed by atoms with Crippen LogP contribution in [0.1, 0.15) is 39.1 Å². The van der Waals surface area contributed by atoms with Crippen LogP contribution in [-0.4, -0.2) is 26.9 Å². The predicted octanol–water partition coefficient (Wildman–Crippen LogP) is 0.749. The van der Waals surface area contributed by atoms with Gasteiger partial charge in [-0.05, 0) is 6.07 Å². The van der Waals surface area contributed by atoms with Crippen molar-refractivity contribution in [1.82, 2.24) is 0 Å². The summed E-state index contributed by atoms with van der Waals surface area (Å²) in [5, 5.41) is 28.2. The Hall–Kier alpha value is -1.88. The van der Waals surface area contributed by atoms with Gasteiger partial charge in [0.15, 0.2) is 11.6 Å². The lowest BCUT2D eigenvalue weighted by Gasteiger charge is -2.17. The minimum absolute atomic E-state index is 0.0215. The molecule has 0 heterocycles. The quantitative estimate of drug-likeness (QED) is 0.609. The van der Waals surface area contributed by atoms with Crippen LogP contribution in [0.15, 0.2) is 6.07 Å². The van der Waals surface area contributed by atoms with E-state index in [-0.39, 0.29) is 41.1 Å². The molecule has 0 aliphatic heterocycles. The predicted molar refractivity (Wildman–Crippen MR) is 53.6 cm³/mol. The molecular weight excluding hydrogens is 212 g/mol. The van der Waals surface area contributed by atoms with Gasteiger partial charge in [-0.25, -0.2) is 0 Å². The van der Waals surface area contributed by atoms with Crippen LogP contribution >= 0.6 is 0 Å². The molecule has 1 aromatic rings. The zero-order valence-electron chi connectivity index (χ0n) is 8.36. The van der Waals surface area contributed by atoms with Crippen molar-refractivity contribution in [3.63, 3.8) is 0 Å². The molecule has 2 rings (SSSR count). The Labute approximate surface area is 91.0 Å². The number of ketones is 2. The highest BCUT2D eigenvalue weighted by molar-refractivity contribution is 6.16. The van der Waals surface area contributed by atoms with E-state index in [1.807, 2.05) is 0 Å². The molecule has 0 saturated carbocycles. The summed E-state index contributed by atoms with van der Waals surface area (Å²) >= 11 is 0. The van der Waals surface area contributed by atoms with Gasteiger partial charge in [-0.15, -0.1) is 0 Å². The molecule has 0 radical (unpaired) electrons. The van der Waals surface area contributed by atoms with Gasteiger partial charge in [0.1, 0.15) is 11.5 Å². The maximum absolute atomic E-state index is 11.6. The van der Waals surface area contributed by atoms with Crippen LogP contribution < -0.4 is 0 Å². The monoisotopic (exact) mass is 222 g/mol. The molecule has 5 heteroatoms. The zero-order valence-corrected chi connectivity index (χ0v) is 8.36. The maximum Gasteiger partial charge on any atom is 0.167 e. The average molecular weight is 222 g/mol. The summed E-state index contributed by atoms with van der Waals surface area (Å²) in [6.07, 6.45) is 0.0605. The number of phenols is 2. The molecule has 0 unspecified atom stereocenters. The fourth-order valence-corrected chi connectivity index (χ4v) is 1.86. The first-order chi connectivity index (χ1) is 7.56. The van der Waals surface area contributed by atoms with Crippen LogP contribution in [0.2, 0.25) is 0 Å². The summed E-state index contributed by atoms with van der Waals surface area (Å²) in [6.45, 7) is -0.506. The number of carbonyl (C=O) groups is 2. The van der Waals surface area contributed by atoms with E-state index in [2.05, 4.69) is 0 Å². The minimum atomic E-state index is -0.506. The number of benzene rings is 1. The third-order valence-corrected chi connectivity index (χ3v) is 2.67. The molecule has 0 amide bonds. The molecule has 0 fully saturated rings. The van der Waals surface area contributed by atoms with E-state index in [4.69, 9.17) is 5.11 Å². The number of hydrogen-bond donors (Lipinski definition) is 3. The molecule has 1 aromatic carbocycles. The molecule has 3 N–H and O–H groups in total. The first kappa shape index (κ1) is 10.6. The maximum atomic E-state index is 11.6. The van der Waals surface area contributed by atoms with Crippen molar-refractivity contribution in [3.8, 4) is 11.5 Å². The second-order valence-corrected chi connectivity index (χ2v) is 3.66. The fourth-order valence-electron chi connectivity index (χ4n) is 1.86. The number of aliphatic hydroxyl groups is 1. The summed E-state index contributed by atoms with van der Waals surface area (Å²) in [5.74, 6) is -1.53. The molecule has 0 atom stereocenters. The Bertz CT molecular complexity index is 490. The van der Waals surface area contributed by atoms with Gasteiger partial charge < -0.3 is 15.3 Å². The number of phenolic OH excluding ortho intramolecular Hbond substituents is 1. The molecule has 16 heavy (non-hydrogen) atoms. The molecule has 1 aliphatic rings. The Morgan fingerprint density at radius 1 is 1.06 bits per heavy atom. The number of carbonyl (C=O) groups excluding carboxylic acids is 2. The van der Waals surface area contributed by atoms with Gasteiger partial charge in [0.25, 0.3) is 0 Å². The summed E-state index contributed by atoms with van der Waals surface area (Å²) in [5.41, 5.74) is -0.259. The van der Waals surface area contributed by atoms with Crippen LogP contribution in [0.5, 0.6) is 11.5 Å². The molecule has 0 aromatic heterocycles. The van der Waals surface area contributed by atoms with Crippen LogP contribution in [0.3, 0.4) is 0 Å². The normalized spacial score (nSPS) is 15.1. The van der Waals surface area contributed by atoms with Crippen LogP contribution in [0, 0.1) is 0 Å². The Morgan fingerprint density at radius 2 is 1.62 bits per heavy atom. The number of fused-ring (bicyclic) bond motifs is 1. The molecule has 1 aliphatic carbocycles. The van der Waals surface area contributed by atoms with Crippen molar-refractivity contribution in [2.75, 3.05) is 0 Å². The van der Waals surface area contributed by atoms with Crippen LogP contribution in [-0.2, 0) is 6.61 Å². The minimum Gasteiger partial charge on any atom is -0.507 e. The van der Waals surface area contributed by atoms with Gasteiger partial charge in [-0.2, -0.15) is 0 Å². The van der Waals surface area contributed by atoms with Gasteiger partial charge in [-0.1, -0.05) is 0 Å². The first-order valence-corrected chi connectivity index (χ1v) is 4.81. The summed E-state index contributed by atoms with van der Waals surface area (Å²) in [4.78, 5) is 23.1. The van der Waals surface area contributed by atoms with Gasteiger partial charge >= 0.3 is 0 Å². The molecule has 84 valence electrons. The third kappa shape index (κ3) is 1.37. The number of hydrogen-bond acceptors (Lipinski definition) is 5. The Balaban J connectivity index is 2.78. The van der Waals surface area contributed by atoms with E-state index in [1.54, 1.807) is 0 Å². The van der Waals surface area contributed by atoms with Gasteiger partial charge in [0, 0.05) is 18.4 Å². The van der Waals surface area contributed by atoms with Gasteiger partial charge in [0.05, 0.1) is 17.7 Å². The largest absolute Gasteiger partial charge is 0.507 e. The molecule has 0 spiro atoms.